The van der Waals surface area contributed by atoms with Crippen LogP contribution in [0.1, 0.15) is 33.1 Å². The number of anilines is 1. The number of hydrogen-bond donors (Lipinski definition) is 2. The number of ketones is 1. The Balaban J connectivity index is 1.62. The molecule has 0 aliphatic carbocycles. The first-order chi connectivity index (χ1) is 20.4. The molecule has 12 nitrogen and oxygen atoms in total. The fraction of sp³-hybridized carbons (Fsp3) is 0.103. The molecule has 0 bridgehead atoms. The van der Waals surface area contributed by atoms with E-state index in [-0.39, 0.29) is 37.0 Å². The van der Waals surface area contributed by atoms with E-state index < -0.39 is 38.3 Å². The van der Waals surface area contributed by atoms with Crippen molar-refractivity contribution in [2.24, 2.45) is 0 Å². The van der Waals surface area contributed by atoms with Gasteiger partial charge in [-0.2, -0.15) is 0 Å². The lowest BCUT2D eigenvalue weighted by molar-refractivity contribution is -0.384. The van der Waals surface area contributed by atoms with Gasteiger partial charge in [0.2, 0.25) is 9.84 Å². The molecule has 1 aliphatic heterocycles. The van der Waals surface area contributed by atoms with Gasteiger partial charge in [-0.15, -0.1) is 0 Å². The van der Waals surface area contributed by atoms with Crippen molar-refractivity contribution in [2.45, 2.75) is 22.1 Å². The first kappa shape index (κ1) is 29.3. The fourth-order valence-corrected chi connectivity index (χ4v) is 7.07. The number of hydrogen-bond acceptors (Lipinski definition) is 10. The molecule has 5 rings (SSSR count). The standard InChI is InChI=1S/C29H22N4O8S2/c1-16-3-5-18(6-4-16)25(34)23-24(17-7-9-19(10-8-17)27(36)30-2)32(28(37)26(23)35)29-31-15-22(42-29)43(40,41)21-13-11-20(12-14-21)33(38)39/h3-15,24,34H,1-2H3,(H,30,36)/b25-23+. The zero-order chi connectivity index (χ0) is 31.1. The number of nitrogens with one attached hydrogen (secondary N) is 1. The number of thiazole rings is 1. The lowest BCUT2D eigenvalue weighted by Gasteiger charge is -2.23. The molecule has 2 amide bonds. The van der Waals surface area contributed by atoms with Crippen LogP contribution in [0.3, 0.4) is 0 Å². The highest BCUT2D eigenvalue weighted by Crippen LogP contribution is 2.44. The highest BCUT2D eigenvalue weighted by atomic mass is 32.2. The minimum Gasteiger partial charge on any atom is -0.507 e. The number of carbonyl (C=O) groups excluding carboxylic acids is 3. The molecule has 0 saturated carbocycles. The number of nitro groups is 1. The van der Waals surface area contributed by atoms with E-state index in [0.29, 0.717) is 22.5 Å². The molecule has 2 heterocycles. The zero-order valence-electron chi connectivity index (χ0n) is 22.5. The molecule has 4 aromatic rings. The van der Waals surface area contributed by atoms with Crippen molar-refractivity contribution in [3.8, 4) is 0 Å². The van der Waals surface area contributed by atoms with E-state index in [2.05, 4.69) is 10.3 Å². The maximum Gasteiger partial charge on any atom is 0.301 e. The van der Waals surface area contributed by atoms with E-state index in [4.69, 9.17) is 0 Å². The lowest BCUT2D eigenvalue weighted by atomic mass is 9.94. The number of amides is 2. The van der Waals surface area contributed by atoms with Crippen LogP contribution >= 0.6 is 11.3 Å². The topological polar surface area (TPSA) is 177 Å². The van der Waals surface area contributed by atoms with Crippen LogP contribution in [-0.2, 0) is 19.4 Å². The fourth-order valence-electron chi connectivity index (χ4n) is 4.52. The van der Waals surface area contributed by atoms with E-state index in [0.717, 1.165) is 40.9 Å². The third-order valence-corrected chi connectivity index (χ3v) is 10.0. The van der Waals surface area contributed by atoms with Crippen LogP contribution in [0.15, 0.2) is 93.7 Å². The predicted octanol–water partition coefficient (Wildman–Crippen LogP) is 4.18. The second kappa shape index (κ2) is 11.2. The third kappa shape index (κ3) is 5.29. The maximum absolute atomic E-state index is 13.5. The smallest absolute Gasteiger partial charge is 0.301 e. The number of benzene rings is 3. The van der Waals surface area contributed by atoms with Gasteiger partial charge in [0.15, 0.2) is 5.13 Å². The van der Waals surface area contributed by atoms with E-state index in [1.807, 2.05) is 6.92 Å². The van der Waals surface area contributed by atoms with Crippen LogP contribution < -0.4 is 10.2 Å². The number of aliphatic hydroxyl groups excluding tert-OH is 1. The highest BCUT2D eigenvalue weighted by Gasteiger charge is 2.48. The molecule has 1 atom stereocenters. The van der Waals surface area contributed by atoms with Crippen molar-refractivity contribution >= 4 is 55.3 Å². The Morgan fingerprint density at radius 1 is 1.00 bits per heavy atom. The normalized spacial score (nSPS) is 16.3. The molecule has 2 N–H and O–H groups in total. The van der Waals surface area contributed by atoms with Crippen LogP contribution in [0, 0.1) is 17.0 Å². The van der Waals surface area contributed by atoms with Gasteiger partial charge in [-0.3, -0.25) is 29.4 Å². The molecular formula is C29H22N4O8S2. The summed E-state index contributed by atoms with van der Waals surface area (Å²) < 4.78 is 26.3. The van der Waals surface area contributed by atoms with Crippen LogP contribution in [0.5, 0.6) is 0 Å². The summed E-state index contributed by atoms with van der Waals surface area (Å²) in [5.41, 5.74) is 1.33. The summed E-state index contributed by atoms with van der Waals surface area (Å²) in [6, 6.07) is 15.8. The van der Waals surface area contributed by atoms with Gasteiger partial charge in [0, 0.05) is 30.3 Å². The summed E-state index contributed by atoms with van der Waals surface area (Å²) in [5.74, 6) is -2.84. The van der Waals surface area contributed by atoms with Gasteiger partial charge in [0.25, 0.3) is 17.4 Å². The SMILES string of the molecule is CNC(=O)c1ccc(C2/C(=C(\O)c3ccc(C)cc3)C(=O)C(=O)N2c2ncc(S(=O)(=O)c3ccc([N+](=O)[O-])cc3)s2)cc1. The average molecular weight is 619 g/mol. The molecule has 14 heteroatoms. The summed E-state index contributed by atoms with van der Waals surface area (Å²) in [5, 5.41) is 24.6. The molecule has 218 valence electrons. The lowest BCUT2D eigenvalue weighted by Crippen LogP contribution is -2.29. The maximum atomic E-state index is 13.5. The second-order valence-electron chi connectivity index (χ2n) is 9.45. The van der Waals surface area contributed by atoms with Crippen molar-refractivity contribution in [1.29, 1.82) is 0 Å². The number of Topliss-reactive ketones (excluding diaryl/α,β-unsaturated/α-hetero) is 1. The Morgan fingerprint density at radius 2 is 1.60 bits per heavy atom. The summed E-state index contributed by atoms with van der Waals surface area (Å²) in [4.78, 5) is 54.2. The Kier molecular flexibility index (Phi) is 7.65. The number of non-ortho nitro benzene ring substituents is 1. The van der Waals surface area contributed by atoms with Gasteiger partial charge in [0.1, 0.15) is 9.97 Å². The summed E-state index contributed by atoms with van der Waals surface area (Å²) in [6.45, 7) is 1.85. The number of aryl methyl sites for hydroxylation is 1. The van der Waals surface area contributed by atoms with Crippen LogP contribution in [0.2, 0.25) is 0 Å². The molecule has 1 aliphatic rings. The molecule has 1 saturated heterocycles. The van der Waals surface area contributed by atoms with Crippen molar-refractivity contribution < 1.29 is 32.8 Å². The molecule has 0 spiro atoms. The molecule has 43 heavy (non-hydrogen) atoms. The Labute approximate surface area is 249 Å². The number of nitrogens with zero attached hydrogens (tertiary/aromatic N) is 3. The summed E-state index contributed by atoms with van der Waals surface area (Å²) >= 11 is 0.621. The van der Waals surface area contributed by atoms with Gasteiger partial charge < -0.3 is 10.4 Å². The Bertz CT molecular complexity index is 1910. The monoisotopic (exact) mass is 618 g/mol. The molecule has 1 aromatic heterocycles. The molecule has 1 fully saturated rings. The largest absolute Gasteiger partial charge is 0.507 e. The number of rotatable bonds is 7. The number of carbonyl (C=O) groups is 3. The summed E-state index contributed by atoms with van der Waals surface area (Å²) in [6.07, 6.45) is 1.03. The number of aliphatic hydroxyl groups is 1. The van der Waals surface area contributed by atoms with E-state index in [9.17, 15) is 38.0 Å². The number of nitro benzene ring substituents is 1. The van der Waals surface area contributed by atoms with Crippen molar-refractivity contribution in [2.75, 3.05) is 11.9 Å². The molecular weight excluding hydrogens is 596 g/mol. The second-order valence-corrected chi connectivity index (χ2v) is 12.6. The van der Waals surface area contributed by atoms with Gasteiger partial charge in [-0.05, 0) is 36.8 Å². The molecule has 1 unspecified atom stereocenters. The van der Waals surface area contributed by atoms with Gasteiger partial charge in [0.05, 0.1) is 27.6 Å². The number of aromatic nitrogens is 1. The quantitative estimate of drug-likeness (QED) is 0.101. The van der Waals surface area contributed by atoms with Crippen molar-refractivity contribution in [3.05, 3.63) is 117 Å². The van der Waals surface area contributed by atoms with Crippen LogP contribution in [0.25, 0.3) is 5.76 Å². The minimum atomic E-state index is -4.19. The Morgan fingerprint density at radius 3 is 2.19 bits per heavy atom. The van der Waals surface area contributed by atoms with Crippen LogP contribution in [0.4, 0.5) is 10.8 Å². The number of sulfone groups is 1. The van der Waals surface area contributed by atoms with Crippen LogP contribution in [-0.4, -0.2) is 48.1 Å². The molecule has 3 aromatic carbocycles. The van der Waals surface area contributed by atoms with Gasteiger partial charge in [-0.1, -0.05) is 53.3 Å². The minimum absolute atomic E-state index is 0.133. The highest BCUT2D eigenvalue weighted by molar-refractivity contribution is 7.93. The Hall–Kier alpha value is -5.21. The van der Waals surface area contributed by atoms with E-state index >= 15 is 0 Å². The zero-order valence-corrected chi connectivity index (χ0v) is 24.2. The van der Waals surface area contributed by atoms with Crippen molar-refractivity contribution in [3.63, 3.8) is 0 Å². The van der Waals surface area contributed by atoms with E-state index in [1.165, 1.54) is 31.3 Å². The van der Waals surface area contributed by atoms with Gasteiger partial charge in [-0.25, -0.2) is 13.4 Å². The first-order valence-electron chi connectivity index (χ1n) is 12.6. The average Bonchev–Trinajstić information content (AvgIpc) is 3.60. The first-order valence-corrected chi connectivity index (χ1v) is 14.9. The van der Waals surface area contributed by atoms with Crippen molar-refractivity contribution in [1.82, 2.24) is 10.3 Å². The van der Waals surface area contributed by atoms with E-state index in [1.54, 1.807) is 24.3 Å². The molecule has 0 radical (unpaired) electrons. The van der Waals surface area contributed by atoms with Gasteiger partial charge >= 0.3 is 5.91 Å². The summed E-state index contributed by atoms with van der Waals surface area (Å²) in [7, 11) is -2.72. The third-order valence-electron chi connectivity index (χ3n) is 6.79. The predicted molar refractivity (Wildman–Crippen MR) is 156 cm³/mol.